The van der Waals surface area contributed by atoms with Gasteiger partial charge in [-0.3, -0.25) is 14.5 Å². The summed E-state index contributed by atoms with van der Waals surface area (Å²) in [6.07, 6.45) is 1.34. The molecular formula is C36H42ClN3O5Si. The summed E-state index contributed by atoms with van der Waals surface area (Å²) in [6, 6.07) is 19.3. The average Bonchev–Trinajstić information content (AvgIpc) is 3.02. The molecule has 1 amide bonds. The molecule has 4 aromatic rings. The lowest BCUT2D eigenvalue weighted by Crippen LogP contribution is -2.43. The van der Waals surface area contributed by atoms with Crippen LogP contribution in [0.1, 0.15) is 53.9 Å². The molecule has 1 saturated heterocycles. The summed E-state index contributed by atoms with van der Waals surface area (Å²) >= 11 is 6.03. The number of benzene rings is 3. The zero-order chi connectivity index (χ0) is 32.6. The number of hydrogen-bond donors (Lipinski definition) is 1. The number of carbonyl (C=O) groups is 1. The molecule has 8 nitrogen and oxygen atoms in total. The van der Waals surface area contributed by atoms with Gasteiger partial charge in [-0.1, -0.05) is 56.6 Å². The number of aromatic nitrogens is 1. The second kappa shape index (κ2) is 12.9. The number of carbonyl (C=O) groups excluding carboxylic acids is 1. The van der Waals surface area contributed by atoms with Gasteiger partial charge in [-0.2, -0.15) is 0 Å². The molecular weight excluding hydrogens is 618 g/mol. The fourth-order valence-corrected chi connectivity index (χ4v) is 6.86. The van der Waals surface area contributed by atoms with Gasteiger partial charge >= 0.3 is 0 Å². The lowest BCUT2D eigenvalue weighted by Gasteiger charge is -2.36. The molecule has 3 heterocycles. The molecule has 0 saturated carbocycles. The van der Waals surface area contributed by atoms with E-state index in [1.54, 1.807) is 18.3 Å². The van der Waals surface area contributed by atoms with E-state index in [4.69, 9.17) is 25.5 Å². The molecule has 2 aliphatic rings. The van der Waals surface area contributed by atoms with Gasteiger partial charge in [-0.05, 0) is 71.2 Å². The molecule has 1 atom stereocenters. The molecule has 10 heteroatoms. The van der Waals surface area contributed by atoms with Crippen LogP contribution < -0.4 is 19.9 Å². The van der Waals surface area contributed by atoms with Crippen LogP contribution in [0.3, 0.4) is 0 Å². The van der Waals surface area contributed by atoms with Crippen LogP contribution in [0, 0.1) is 0 Å². The van der Waals surface area contributed by atoms with Crippen molar-refractivity contribution in [3.8, 4) is 11.5 Å². The Morgan fingerprint density at radius 1 is 1.04 bits per heavy atom. The van der Waals surface area contributed by atoms with Crippen molar-refractivity contribution >= 4 is 36.7 Å². The third-order valence-corrected chi connectivity index (χ3v) is 14.0. The van der Waals surface area contributed by atoms with Crippen LogP contribution in [0.4, 0.5) is 0 Å². The number of hydrogen-bond acceptors (Lipinski definition) is 6. The minimum absolute atomic E-state index is 0.0617. The maximum Gasteiger partial charge on any atom is 0.257 e. The van der Waals surface area contributed by atoms with Gasteiger partial charge in [0.05, 0.1) is 30.7 Å². The van der Waals surface area contributed by atoms with Gasteiger partial charge in [0.2, 0.25) is 13.7 Å². The molecule has 0 aliphatic carbocycles. The SMILES string of the molecule is CC(C)(C)[Si](C)(C)Oc1cccc(C2Cn3cc(C(=O)NCc4ccc(Cl)cc4)c(=O)c4cc(CN5CCOCC5)cc(c43)O2)c1. The maximum absolute atomic E-state index is 13.9. The largest absolute Gasteiger partial charge is 0.543 e. The van der Waals surface area contributed by atoms with E-state index in [2.05, 4.69) is 50.1 Å². The number of rotatable bonds is 8. The Morgan fingerprint density at radius 3 is 2.50 bits per heavy atom. The van der Waals surface area contributed by atoms with Crippen LogP contribution in [0.5, 0.6) is 11.5 Å². The van der Waals surface area contributed by atoms with E-state index < -0.39 is 14.2 Å². The molecule has 1 aromatic heterocycles. The normalized spacial score (nSPS) is 17.0. The van der Waals surface area contributed by atoms with Crippen LogP contribution in [0.15, 0.2) is 71.7 Å². The quantitative estimate of drug-likeness (QED) is 0.207. The van der Waals surface area contributed by atoms with Gasteiger partial charge in [-0.15, -0.1) is 0 Å². The summed E-state index contributed by atoms with van der Waals surface area (Å²) in [5.74, 6) is 1.04. The number of nitrogens with one attached hydrogen (secondary N) is 1. The predicted octanol–water partition coefficient (Wildman–Crippen LogP) is 6.93. The molecule has 0 spiro atoms. The first kappa shape index (κ1) is 32.3. The monoisotopic (exact) mass is 659 g/mol. The number of halogens is 1. The molecule has 1 N–H and O–H groups in total. The molecule has 46 heavy (non-hydrogen) atoms. The summed E-state index contributed by atoms with van der Waals surface area (Å²) in [7, 11) is -2.05. The smallest absolute Gasteiger partial charge is 0.257 e. The van der Waals surface area contributed by atoms with E-state index in [1.807, 2.05) is 47.0 Å². The van der Waals surface area contributed by atoms with Gasteiger partial charge in [0.15, 0.2) is 0 Å². The van der Waals surface area contributed by atoms with Crippen molar-refractivity contribution in [3.63, 3.8) is 0 Å². The Hall–Kier alpha value is -3.63. The van der Waals surface area contributed by atoms with Crippen molar-refractivity contribution in [2.75, 3.05) is 26.3 Å². The lowest BCUT2D eigenvalue weighted by molar-refractivity contribution is 0.0341. The molecule has 242 valence electrons. The molecule has 0 bridgehead atoms. The number of ether oxygens (including phenoxy) is 2. The summed E-state index contributed by atoms with van der Waals surface area (Å²) in [4.78, 5) is 29.8. The molecule has 1 unspecified atom stereocenters. The van der Waals surface area contributed by atoms with Crippen molar-refractivity contribution in [2.24, 2.45) is 0 Å². The highest BCUT2D eigenvalue weighted by atomic mass is 35.5. The summed E-state index contributed by atoms with van der Waals surface area (Å²) in [5.41, 5.74) is 3.32. The van der Waals surface area contributed by atoms with E-state index in [0.717, 1.165) is 35.5 Å². The number of amides is 1. The molecule has 1 fully saturated rings. The van der Waals surface area contributed by atoms with E-state index in [1.165, 1.54) is 0 Å². The zero-order valence-corrected chi connectivity index (χ0v) is 28.9. The highest BCUT2D eigenvalue weighted by Gasteiger charge is 2.39. The van der Waals surface area contributed by atoms with E-state index in [0.29, 0.717) is 48.0 Å². The Bertz CT molecular complexity index is 1810. The predicted molar refractivity (Wildman–Crippen MR) is 185 cm³/mol. The fraction of sp³-hybridized carbons (Fsp3) is 0.389. The summed E-state index contributed by atoms with van der Waals surface area (Å²) in [5, 5.41) is 4.09. The topological polar surface area (TPSA) is 82.0 Å². The second-order valence-corrected chi connectivity index (χ2v) is 18.9. The number of morpholine rings is 1. The maximum atomic E-state index is 13.9. The third-order valence-electron chi connectivity index (χ3n) is 9.36. The van der Waals surface area contributed by atoms with Crippen molar-refractivity contribution in [3.05, 3.63) is 104 Å². The molecule has 6 rings (SSSR count). The highest BCUT2D eigenvalue weighted by Crippen LogP contribution is 2.40. The zero-order valence-electron chi connectivity index (χ0n) is 27.2. The van der Waals surface area contributed by atoms with Gasteiger partial charge in [0.1, 0.15) is 23.2 Å². The first-order valence-electron chi connectivity index (χ1n) is 15.9. The minimum atomic E-state index is -2.05. The second-order valence-electron chi connectivity index (χ2n) is 13.8. The van der Waals surface area contributed by atoms with E-state index in [-0.39, 0.29) is 28.7 Å². The lowest BCUT2D eigenvalue weighted by atomic mass is 10.0. The van der Waals surface area contributed by atoms with Gasteiger partial charge in [0.25, 0.3) is 5.91 Å². The third kappa shape index (κ3) is 6.88. The number of pyridine rings is 1. The molecule has 0 radical (unpaired) electrons. The number of nitrogens with zero attached hydrogens (tertiary/aromatic N) is 2. The average molecular weight is 660 g/mol. The Morgan fingerprint density at radius 2 is 1.78 bits per heavy atom. The van der Waals surface area contributed by atoms with E-state index in [9.17, 15) is 9.59 Å². The van der Waals surface area contributed by atoms with Crippen LogP contribution in [-0.2, 0) is 24.4 Å². The van der Waals surface area contributed by atoms with Crippen LogP contribution >= 0.6 is 11.6 Å². The fourth-order valence-electron chi connectivity index (χ4n) is 5.71. The molecule has 2 aliphatic heterocycles. The van der Waals surface area contributed by atoms with Crippen LogP contribution in [0.2, 0.25) is 23.2 Å². The van der Waals surface area contributed by atoms with Gasteiger partial charge in [-0.25, -0.2) is 0 Å². The van der Waals surface area contributed by atoms with Gasteiger partial charge in [0, 0.05) is 37.4 Å². The Kier molecular flexibility index (Phi) is 9.04. The van der Waals surface area contributed by atoms with Crippen molar-refractivity contribution in [2.45, 2.75) is 64.6 Å². The van der Waals surface area contributed by atoms with E-state index >= 15 is 0 Å². The Labute approximate surface area is 276 Å². The summed E-state index contributed by atoms with van der Waals surface area (Å²) in [6.45, 7) is 15.5. The minimum Gasteiger partial charge on any atom is -0.543 e. The summed E-state index contributed by atoms with van der Waals surface area (Å²) < 4.78 is 20.8. The Balaban J connectivity index is 1.36. The van der Waals surface area contributed by atoms with Gasteiger partial charge < -0.3 is 23.8 Å². The first-order valence-corrected chi connectivity index (χ1v) is 19.1. The molecule has 3 aromatic carbocycles. The van der Waals surface area contributed by atoms with Crippen molar-refractivity contribution < 1.29 is 18.7 Å². The first-order chi connectivity index (χ1) is 21.9. The standard InChI is InChI=1S/C36H42ClN3O5Si/c1-36(2,3)46(4,5)45-28-8-6-7-26(19-28)32-23-40-22-30(35(42)38-20-24-9-11-27(37)12-10-24)34(41)29-17-25(18-31(44-32)33(29)40)21-39-13-15-43-16-14-39/h6-12,17-19,22,32H,13-16,20-21,23H2,1-5H3,(H,38,42). The highest BCUT2D eigenvalue weighted by molar-refractivity contribution is 6.74. The van der Waals surface area contributed by atoms with Crippen molar-refractivity contribution in [1.82, 2.24) is 14.8 Å². The van der Waals surface area contributed by atoms with Crippen LogP contribution in [-0.4, -0.2) is 50.0 Å². The van der Waals surface area contributed by atoms with Crippen LogP contribution in [0.25, 0.3) is 10.9 Å². The van der Waals surface area contributed by atoms with Crippen molar-refractivity contribution in [1.29, 1.82) is 0 Å².